The molecule has 2 aliphatic heterocycles. The predicted octanol–water partition coefficient (Wildman–Crippen LogP) is 0.795. The standard InChI is InChI=1S/C16H23N3O3/c1-11-4-6-17(3)15(11)16(21)18-7-5-14-13(10-18)19(12(2)20)8-9-22-14/h4,6,13-14H,5,7-10H2,1-3H3. The first-order chi connectivity index (χ1) is 10.5. The fourth-order valence-corrected chi connectivity index (χ4v) is 3.57. The fourth-order valence-electron chi connectivity index (χ4n) is 3.57. The van der Waals surface area contributed by atoms with Crippen LogP contribution in [0.25, 0.3) is 0 Å². The summed E-state index contributed by atoms with van der Waals surface area (Å²) in [5.41, 5.74) is 1.71. The number of aryl methyl sites for hydroxylation is 2. The van der Waals surface area contributed by atoms with Crippen LogP contribution in [0.2, 0.25) is 0 Å². The van der Waals surface area contributed by atoms with Crippen LogP contribution in [-0.4, -0.2) is 64.6 Å². The maximum atomic E-state index is 12.8. The molecule has 3 heterocycles. The number of amides is 2. The number of hydrogen-bond acceptors (Lipinski definition) is 3. The smallest absolute Gasteiger partial charge is 0.270 e. The molecule has 6 heteroatoms. The lowest BCUT2D eigenvalue weighted by molar-refractivity contribution is -0.149. The van der Waals surface area contributed by atoms with E-state index in [1.54, 1.807) is 6.92 Å². The number of aromatic nitrogens is 1. The Labute approximate surface area is 130 Å². The molecule has 22 heavy (non-hydrogen) atoms. The summed E-state index contributed by atoms with van der Waals surface area (Å²) in [4.78, 5) is 28.4. The number of carbonyl (C=O) groups excluding carboxylic acids is 2. The maximum Gasteiger partial charge on any atom is 0.270 e. The van der Waals surface area contributed by atoms with Gasteiger partial charge in [0.1, 0.15) is 5.69 Å². The summed E-state index contributed by atoms with van der Waals surface area (Å²) in [5.74, 6) is 0.0974. The highest BCUT2D eigenvalue weighted by Crippen LogP contribution is 2.25. The third-order valence-electron chi connectivity index (χ3n) is 4.75. The zero-order chi connectivity index (χ0) is 15.9. The van der Waals surface area contributed by atoms with Gasteiger partial charge in [0.15, 0.2) is 0 Å². The SMILES string of the molecule is CC(=O)N1CCOC2CCN(C(=O)c3c(C)ccn3C)CC21. The Morgan fingerprint density at radius 3 is 2.73 bits per heavy atom. The predicted molar refractivity (Wildman–Crippen MR) is 81.6 cm³/mol. The number of ether oxygens (including phenoxy) is 1. The molecule has 0 radical (unpaired) electrons. The normalized spacial score (nSPS) is 25.0. The van der Waals surface area contributed by atoms with Crippen LogP contribution in [0.15, 0.2) is 12.3 Å². The van der Waals surface area contributed by atoms with Crippen LogP contribution in [0.5, 0.6) is 0 Å². The second-order valence-corrected chi connectivity index (χ2v) is 6.19. The van der Waals surface area contributed by atoms with Crippen molar-refractivity contribution in [3.05, 3.63) is 23.5 Å². The monoisotopic (exact) mass is 305 g/mol. The van der Waals surface area contributed by atoms with Gasteiger partial charge in [0, 0.05) is 39.8 Å². The van der Waals surface area contributed by atoms with Crippen molar-refractivity contribution < 1.29 is 14.3 Å². The molecule has 1 aromatic heterocycles. The number of rotatable bonds is 1. The van der Waals surface area contributed by atoms with Crippen molar-refractivity contribution in [1.29, 1.82) is 0 Å². The van der Waals surface area contributed by atoms with Crippen LogP contribution in [0.1, 0.15) is 29.4 Å². The minimum atomic E-state index is -0.0236. The summed E-state index contributed by atoms with van der Waals surface area (Å²) in [5, 5.41) is 0. The van der Waals surface area contributed by atoms with Gasteiger partial charge in [-0.1, -0.05) is 0 Å². The van der Waals surface area contributed by atoms with E-state index in [1.165, 1.54) is 0 Å². The Kier molecular flexibility index (Phi) is 3.95. The molecule has 0 aromatic carbocycles. The molecule has 2 saturated heterocycles. The van der Waals surface area contributed by atoms with Gasteiger partial charge in [-0.2, -0.15) is 0 Å². The highest BCUT2D eigenvalue weighted by Gasteiger charge is 2.40. The Morgan fingerprint density at radius 2 is 2.09 bits per heavy atom. The summed E-state index contributed by atoms with van der Waals surface area (Å²) in [6.07, 6.45) is 2.74. The van der Waals surface area contributed by atoms with Gasteiger partial charge in [-0.3, -0.25) is 9.59 Å². The number of fused-ring (bicyclic) bond motifs is 1. The van der Waals surface area contributed by atoms with E-state index in [9.17, 15) is 9.59 Å². The van der Waals surface area contributed by atoms with Gasteiger partial charge in [0.2, 0.25) is 5.91 Å². The lowest BCUT2D eigenvalue weighted by Crippen LogP contribution is -2.61. The molecule has 2 atom stereocenters. The summed E-state index contributed by atoms with van der Waals surface area (Å²) in [6.45, 7) is 5.97. The largest absolute Gasteiger partial charge is 0.374 e. The van der Waals surface area contributed by atoms with Crippen molar-refractivity contribution in [3.63, 3.8) is 0 Å². The molecule has 0 bridgehead atoms. The fraction of sp³-hybridized carbons (Fsp3) is 0.625. The first-order valence-electron chi connectivity index (χ1n) is 7.79. The van der Waals surface area contributed by atoms with Gasteiger partial charge < -0.3 is 19.1 Å². The second-order valence-electron chi connectivity index (χ2n) is 6.19. The third kappa shape index (κ3) is 2.52. The van der Waals surface area contributed by atoms with Crippen LogP contribution >= 0.6 is 0 Å². The molecule has 0 aliphatic carbocycles. The van der Waals surface area contributed by atoms with Gasteiger partial charge in [0.05, 0.1) is 18.8 Å². The average molecular weight is 305 g/mol. The van der Waals surface area contributed by atoms with E-state index >= 15 is 0 Å². The molecule has 3 rings (SSSR count). The number of carbonyl (C=O) groups is 2. The second kappa shape index (κ2) is 5.76. The molecule has 2 amide bonds. The molecule has 2 unspecified atom stereocenters. The van der Waals surface area contributed by atoms with Crippen LogP contribution in [0, 0.1) is 6.92 Å². The molecule has 0 N–H and O–H groups in total. The molecule has 0 spiro atoms. The number of piperidine rings is 1. The Bertz CT molecular complexity index is 576. The molecule has 6 nitrogen and oxygen atoms in total. The van der Waals surface area contributed by atoms with Gasteiger partial charge >= 0.3 is 0 Å². The first kappa shape index (κ1) is 15.1. The number of morpholine rings is 1. The van der Waals surface area contributed by atoms with Crippen LogP contribution in [0.4, 0.5) is 0 Å². The Morgan fingerprint density at radius 1 is 1.32 bits per heavy atom. The summed E-state index contributed by atoms with van der Waals surface area (Å²) < 4.78 is 7.66. The molecular formula is C16H23N3O3. The molecule has 1 aromatic rings. The number of likely N-dealkylation sites (tertiary alicyclic amines) is 1. The molecular weight excluding hydrogens is 282 g/mol. The van der Waals surface area contributed by atoms with Gasteiger partial charge in [-0.25, -0.2) is 0 Å². The van der Waals surface area contributed by atoms with E-state index in [1.807, 2.05) is 40.6 Å². The first-order valence-corrected chi connectivity index (χ1v) is 7.79. The highest BCUT2D eigenvalue weighted by atomic mass is 16.5. The minimum Gasteiger partial charge on any atom is -0.374 e. The van der Waals surface area contributed by atoms with E-state index in [0.717, 1.165) is 17.7 Å². The van der Waals surface area contributed by atoms with Crippen molar-refractivity contribution in [1.82, 2.24) is 14.4 Å². The van der Waals surface area contributed by atoms with E-state index in [0.29, 0.717) is 26.2 Å². The van der Waals surface area contributed by atoms with Crippen LogP contribution in [-0.2, 0) is 16.6 Å². The molecule has 120 valence electrons. The molecule has 0 saturated carbocycles. The number of hydrogen-bond donors (Lipinski definition) is 0. The lowest BCUT2D eigenvalue weighted by atomic mass is 9.98. The Hall–Kier alpha value is -1.82. The van der Waals surface area contributed by atoms with Crippen molar-refractivity contribution in [3.8, 4) is 0 Å². The average Bonchev–Trinajstić information content (AvgIpc) is 2.84. The van der Waals surface area contributed by atoms with E-state index in [4.69, 9.17) is 4.74 Å². The third-order valence-corrected chi connectivity index (χ3v) is 4.75. The minimum absolute atomic E-state index is 0.0236. The molecule has 2 aliphatic rings. The van der Waals surface area contributed by atoms with E-state index in [2.05, 4.69) is 0 Å². The van der Waals surface area contributed by atoms with Crippen molar-refractivity contribution in [2.45, 2.75) is 32.4 Å². The quantitative estimate of drug-likeness (QED) is 0.771. The molecule has 2 fully saturated rings. The summed E-state index contributed by atoms with van der Waals surface area (Å²) in [7, 11) is 1.89. The van der Waals surface area contributed by atoms with Crippen LogP contribution in [0.3, 0.4) is 0 Å². The van der Waals surface area contributed by atoms with Crippen molar-refractivity contribution >= 4 is 11.8 Å². The topological polar surface area (TPSA) is 54.8 Å². The highest BCUT2D eigenvalue weighted by molar-refractivity contribution is 5.94. The summed E-state index contributed by atoms with van der Waals surface area (Å²) >= 11 is 0. The Balaban J connectivity index is 1.79. The van der Waals surface area contributed by atoms with Gasteiger partial charge in [-0.15, -0.1) is 0 Å². The zero-order valence-corrected chi connectivity index (χ0v) is 13.4. The van der Waals surface area contributed by atoms with Gasteiger partial charge in [0.25, 0.3) is 5.91 Å². The van der Waals surface area contributed by atoms with E-state index in [-0.39, 0.29) is 24.0 Å². The van der Waals surface area contributed by atoms with Crippen LogP contribution < -0.4 is 0 Å². The maximum absolute atomic E-state index is 12.8. The summed E-state index contributed by atoms with van der Waals surface area (Å²) in [6, 6.07) is 1.93. The lowest BCUT2D eigenvalue weighted by Gasteiger charge is -2.46. The van der Waals surface area contributed by atoms with Crippen molar-refractivity contribution in [2.24, 2.45) is 7.05 Å². The number of nitrogens with zero attached hydrogens (tertiary/aromatic N) is 3. The zero-order valence-electron chi connectivity index (χ0n) is 13.4. The van der Waals surface area contributed by atoms with Crippen molar-refractivity contribution in [2.75, 3.05) is 26.2 Å². The van der Waals surface area contributed by atoms with E-state index < -0.39 is 0 Å². The van der Waals surface area contributed by atoms with Gasteiger partial charge in [-0.05, 0) is 25.0 Å².